The molecule has 2 rings (SSSR count). The molecule has 12 nitrogen and oxygen atoms in total. The van der Waals surface area contributed by atoms with E-state index in [0.717, 1.165) is 0 Å². The molecule has 0 saturated heterocycles. The van der Waals surface area contributed by atoms with E-state index in [1.54, 1.807) is 65.8 Å². The number of hydrogen-bond donors (Lipinski definition) is 4. The van der Waals surface area contributed by atoms with Crippen molar-refractivity contribution >= 4 is 41.5 Å². The van der Waals surface area contributed by atoms with Gasteiger partial charge in [-0.2, -0.15) is 0 Å². The van der Waals surface area contributed by atoms with Gasteiger partial charge in [0.25, 0.3) is 5.91 Å². The summed E-state index contributed by atoms with van der Waals surface area (Å²) in [5.74, 6) is -0.591. The van der Waals surface area contributed by atoms with Crippen LogP contribution in [0.1, 0.15) is 57.5 Å². The molecule has 0 fully saturated rings. The lowest BCUT2D eigenvalue weighted by atomic mass is 10.1. The average molecular weight is 528 g/mol. The molecule has 12 heteroatoms. The standard InChI is InChI=1S/C26H33N5O7/c1-25(2,3)37-23(34)30-22(31-24(35)38-26(4,5)6)29-19-13-9-17(10-14-19)20(32)28-18-11-7-16(8-12-18)15-36-21(27)33/h7-14H,15H2,1-6H3,(H2,27,33)(H,28,32)(H2,29,30,31,34,35). The van der Waals surface area contributed by atoms with Crippen LogP contribution in [0.25, 0.3) is 0 Å². The minimum Gasteiger partial charge on any atom is -0.445 e. The Hall–Kier alpha value is -4.61. The molecule has 0 bridgehead atoms. The van der Waals surface area contributed by atoms with Gasteiger partial charge in [0.05, 0.1) is 5.69 Å². The lowest BCUT2D eigenvalue weighted by Gasteiger charge is -2.22. The number of nitrogens with zero attached hydrogens (tertiary/aromatic N) is 1. The SMILES string of the molecule is CC(C)(C)OC(=O)NC(=Nc1ccc(C(=O)Nc2ccc(COC(N)=O)cc2)cc1)NC(=O)OC(C)(C)C. The van der Waals surface area contributed by atoms with Crippen molar-refractivity contribution < 1.29 is 33.4 Å². The van der Waals surface area contributed by atoms with E-state index < -0.39 is 29.5 Å². The van der Waals surface area contributed by atoms with Crippen molar-refractivity contribution in [1.82, 2.24) is 10.6 Å². The van der Waals surface area contributed by atoms with E-state index in [0.29, 0.717) is 22.5 Å². The number of carbonyl (C=O) groups is 4. The fraction of sp³-hybridized carbons (Fsp3) is 0.346. The number of anilines is 1. The van der Waals surface area contributed by atoms with Crippen molar-refractivity contribution in [3.63, 3.8) is 0 Å². The molecule has 0 spiro atoms. The third kappa shape index (κ3) is 11.4. The topological polar surface area (TPSA) is 170 Å². The van der Waals surface area contributed by atoms with Crippen molar-refractivity contribution in [2.45, 2.75) is 59.4 Å². The average Bonchev–Trinajstić information content (AvgIpc) is 2.76. The molecule has 0 radical (unpaired) electrons. The molecule has 0 saturated carbocycles. The highest BCUT2D eigenvalue weighted by atomic mass is 16.6. The third-order valence-corrected chi connectivity index (χ3v) is 4.20. The fourth-order valence-corrected chi connectivity index (χ4v) is 2.75. The lowest BCUT2D eigenvalue weighted by molar-refractivity contribution is 0.0545. The summed E-state index contributed by atoms with van der Waals surface area (Å²) < 4.78 is 15.2. The highest BCUT2D eigenvalue weighted by molar-refractivity contribution is 6.05. The molecular weight excluding hydrogens is 494 g/mol. The van der Waals surface area contributed by atoms with Crippen molar-refractivity contribution in [1.29, 1.82) is 0 Å². The normalized spacial score (nSPS) is 11.0. The van der Waals surface area contributed by atoms with Crippen LogP contribution < -0.4 is 21.7 Å². The quantitative estimate of drug-likeness (QED) is 0.250. The predicted molar refractivity (Wildman–Crippen MR) is 141 cm³/mol. The number of ether oxygens (including phenoxy) is 3. The highest BCUT2D eigenvalue weighted by Gasteiger charge is 2.21. The van der Waals surface area contributed by atoms with Crippen LogP contribution in [-0.4, -0.2) is 41.3 Å². The van der Waals surface area contributed by atoms with Gasteiger partial charge in [-0.05, 0) is 83.5 Å². The Balaban J connectivity index is 2.12. The molecule has 4 amide bonds. The van der Waals surface area contributed by atoms with Crippen molar-refractivity contribution in [2.24, 2.45) is 10.7 Å². The summed E-state index contributed by atoms with van der Waals surface area (Å²) in [7, 11) is 0. The van der Waals surface area contributed by atoms with Crippen LogP contribution in [0.2, 0.25) is 0 Å². The number of amides is 4. The largest absolute Gasteiger partial charge is 0.445 e. The smallest absolute Gasteiger partial charge is 0.414 e. The number of nitrogens with two attached hydrogens (primary N) is 1. The van der Waals surface area contributed by atoms with Gasteiger partial charge in [-0.15, -0.1) is 0 Å². The molecule has 204 valence electrons. The molecule has 0 atom stereocenters. The summed E-state index contributed by atoms with van der Waals surface area (Å²) in [5.41, 5.74) is 5.33. The van der Waals surface area contributed by atoms with E-state index in [2.05, 4.69) is 20.9 Å². The second-order valence-electron chi connectivity index (χ2n) is 10.0. The van der Waals surface area contributed by atoms with Crippen molar-refractivity contribution in [3.8, 4) is 0 Å². The molecule has 0 aliphatic rings. The summed E-state index contributed by atoms with van der Waals surface area (Å²) in [6, 6.07) is 12.8. The predicted octanol–water partition coefficient (Wildman–Crippen LogP) is 4.57. The van der Waals surface area contributed by atoms with Gasteiger partial charge < -0.3 is 25.3 Å². The van der Waals surface area contributed by atoms with E-state index in [9.17, 15) is 19.2 Å². The monoisotopic (exact) mass is 527 g/mol. The molecule has 38 heavy (non-hydrogen) atoms. The first-order valence-electron chi connectivity index (χ1n) is 11.6. The second-order valence-corrected chi connectivity index (χ2v) is 10.0. The minimum atomic E-state index is -0.872. The minimum absolute atomic E-state index is 0.0269. The van der Waals surface area contributed by atoms with Gasteiger partial charge in [-0.1, -0.05) is 12.1 Å². The molecule has 5 N–H and O–H groups in total. The lowest BCUT2D eigenvalue weighted by Crippen LogP contribution is -2.47. The number of carbonyl (C=O) groups excluding carboxylic acids is 4. The molecule has 0 aromatic heterocycles. The number of aliphatic imine (C=N–C) groups is 1. The Morgan fingerprint density at radius 1 is 0.789 bits per heavy atom. The van der Waals surface area contributed by atoms with E-state index >= 15 is 0 Å². The van der Waals surface area contributed by atoms with Crippen LogP contribution in [0, 0.1) is 0 Å². The number of benzene rings is 2. The number of guanidine groups is 1. The number of alkyl carbamates (subject to hydrolysis) is 2. The molecule has 0 unspecified atom stereocenters. The zero-order chi connectivity index (χ0) is 28.5. The number of nitrogens with one attached hydrogen (secondary N) is 3. The Morgan fingerprint density at radius 3 is 1.74 bits per heavy atom. The van der Waals surface area contributed by atoms with Gasteiger partial charge in [-0.3, -0.25) is 15.4 Å². The van der Waals surface area contributed by atoms with Crippen LogP contribution in [0.3, 0.4) is 0 Å². The molecule has 0 heterocycles. The van der Waals surface area contributed by atoms with Crippen LogP contribution in [0.5, 0.6) is 0 Å². The zero-order valence-corrected chi connectivity index (χ0v) is 22.2. The van der Waals surface area contributed by atoms with Crippen LogP contribution in [0.4, 0.5) is 25.8 Å². The summed E-state index contributed by atoms with van der Waals surface area (Å²) in [4.78, 5) is 52.1. The van der Waals surface area contributed by atoms with Gasteiger partial charge in [0, 0.05) is 11.3 Å². The van der Waals surface area contributed by atoms with Crippen LogP contribution >= 0.6 is 0 Å². The van der Waals surface area contributed by atoms with Crippen molar-refractivity contribution in [3.05, 3.63) is 59.7 Å². The van der Waals surface area contributed by atoms with Crippen LogP contribution in [0.15, 0.2) is 53.5 Å². The van der Waals surface area contributed by atoms with E-state index in [1.807, 2.05) is 0 Å². The summed E-state index contributed by atoms with van der Waals surface area (Å²) in [5, 5.41) is 7.53. The maximum Gasteiger partial charge on any atom is 0.414 e. The third-order valence-electron chi connectivity index (χ3n) is 4.20. The van der Waals surface area contributed by atoms with E-state index in [1.165, 1.54) is 24.3 Å². The van der Waals surface area contributed by atoms with Crippen LogP contribution in [-0.2, 0) is 20.8 Å². The first kappa shape index (κ1) is 29.6. The van der Waals surface area contributed by atoms with E-state index in [-0.39, 0.29) is 18.5 Å². The molecule has 2 aromatic carbocycles. The Bertz CT molecular complexity index is 1150. The molecule has 0 aliphatic carbocycles. The molecular formula is C26H33N5O7. The summed E-state index contributed by atoms with van der Waals surface area (Å²) >= 11 is 0. The summed E-state index contributed by atoms with van der Waals surface area (Å²) in [6.45, 7) is 10.2. The first-order valence-corrected chi connectivity index (χ1v) is 11.6. The van der Waals surface area contributed by atoms with Gasteiger partial charge in [-0.25, -0.2) is 19.4 Å². The second kappa shape index (κ2) is 12.6. The first-order chi connectivity index (χ1) is 17.6. The Morgan fingerprint density at radius 2 is 1.29 bits per heavy atom. The fourth-order valence-electron chi connectivity index (χ4n) is 2.75. The highest BCUT2D eigenvalue weighted by Crippen LogP contribution is 2.16. The van der Waals surface area contributed by atoms with E-state index in [4.69, 9.17) is 19.9 Å². The summed E-state index contributed by atoms with van der Waals surface area (Å²) in [6.07, 6.45) is -2.52. The molecule has 0 aliphatic heterocycles. The number of hydrogen-bond acceptors (Lipinski definition) is 8. The number of primary amides is 1. The van der Waals surface area contributed by atoms with Gasteiger partial charge in [0.2, 0.25) is 5.96 Å². The Kier molecular flexibility index (Phi) is 9.80. The van der Waals surface area contributed by atoms with Gasteiger partial charge in [0.1, 0.15) is 17.8 Å². The van der Waals surface area contributed by atoms with Gasteiger partial charge >= 0.3 is 18.3 Å². The maximum absolute atomic E-state index is 12.6. The zero-order valence-electron chi connectivity index (χ0n) is 22.2. The molecule has 2 aromatic rings. The number of rotatable bonds is 5. The maximum atomic E-state index is 12.6. The Labute approximate surface area is 220 Å². The van der Waals surface area contributed by atoms with Gasteiger partial charge in [0.15, 0.2) is 0 Å². The van der Waals surface area contributed by atoms with Crippen molar-refractivity contribution in [2.75, 3.05) is 5.32 Å².